The van der Waals surface area contributed by atoms with Crippen LogP contribution in [-0.2, 0) is 0 Å². The van der Waals surface area contributed by atoms with Gasteiger partial charge in [0.2, 0.25) is 0 Å². The molecular formula is C14H24N4. The molecule has 1 saturated heterocycles. The van der Waals surface area contributed by atoms with Crippen LogP contribution in [-0.4, -0.2) is 61.1 Å². The highest BCUT2D eigenvalue weighted by Gasteiger charge is 2.13. The Morgan fingerprint density at radius 1 is 1.33 bits per heavy atom. The SMILES string of the molecule is C[C@@H](NCCN1CCN(C)CC1)c1cccnc1. The third-order valence-electron chi connectivity index (χ3n) is 3.66. The van der Waals surface area contributed by atoms with Crippen LogP contribution in [0.5, 0.6) is 0 Å². The Labute approximate surface area is 110 Å². The van der Waals surface area contributed by atoms with Gasteiger partial charge in [-0.2, -0.15) is 0 Å². The molecule has 2 rings (SSSR count). The average Bonchev–Trinajstić information content (AvgIpc) is 2.42. The van der Waals surface area contributed by atoms with Crippen LogP contribution in [0.1, 0.15) is 18.5 Å². The largest absolute Gasteiger partial charge is 0.309 e. The molecule has 4 heteroatoms. The predicted molar refractivity (Wildman–Crippen MR) is 74.6 cm³/mol. The number of piperazine rings is 1. The number of likely N-dealkylation sites (N-methyl/N-ethyl adjacent to an activating group) is 1. The molecular weight excluding hydrogens is 224 g/mol. The smallest absolute Gasteiger partial charge is 0.0315 e. The van der Waals surface area contributed by atoms with E-state index in [9.17, 15) is 0 Å². The first-order chi connectivity index (χ1) is 8.75. The Bertz CT molecular complexity index is 333. The van der Waals surface area contributed by atoms with Crippen LogP contribution in [0.15, 0.2) is 24.5 Å². The lowest BCUT2D eigenvalue weighted by atomic mass is 10.1. The topological polar surface area (TPSA) is 31.4 Å². The molecule has 0 radical (unpaired) electrons. The number of rotatable bonds is 5. The number of hydrogen-bond donors (Lipinski definition) is 1. The van der Waals surface area contributed by atoms with Crippen molar-refractivity contribution >= 4 is 0 Å². The van der Waals surface area contributed by atoms with Crippen LogP contribution in [0.4, 0.5) is 0 Å². The lowest BCUT2D eigenvalue weighted by molar-refractivity contribution is 0.154. The van der Waals surface area contributed by atoms with Crippen LogP contribution in [0, 0.1) is 0 Å². The molecule has 0 unspecified atom stereocenters. The Kier molecular flexibility index (Phi) is 5.11. The summed E-state index contributed by atoms with van der Waals surface area (Å²) in [7, 11) is 2.19. The standard InChI is InChI=1S/C14H24N4/c1-13(14-4-3-5-15-12-14)16-6-7-18-10-8-17(2)9-11-18/h3-5,12-13,16H,6-11H2,1-2H3/t13-/m1/s1. The fraction of sp³-hybridized carbons (Fsp3) is 0.643. The molecule has 0 saturated carbocycles. The van der Waals surface area contributed by atoms with E-state index >= 15 is 0 Å². The average molecular weight is 248 g/mol. The summed E-state index contributed by atoms with van der Waals surface area (Å²) < 4.78 is 0. The zero-order chi connectivity index (χ0) is 12.8. The normalized spacial score (nSPS) is 19.9. The molecule has 1 N–H and O–H groups in total. The highest BCUT2D eigenvalue weighted by atomic mass is 15.2. The molecule has 1 aliphatic heterocycles. The van der Waals surface area contributed by atoms with Crippen molar-refractivity contribution in [2.75, 3.05) is 46.3 Å². The molecule has 1 fully saturated rings. The van der Waals surface area contributed by atoms with Crippen molar-refractivity contribution in [3.63, 3.8) is 0 Å². The van der Waals surface area contributed by atoms with Crippen molar-refractivity contribution in [3.8, 4) is 0 Å². The highest BCUT2D eigenvalue weighted by molar-refractivity contribution is 5.12. The van der Waals surface area contributed by atoms with Gasteiger partial charge in [0.1, 0.15) is 0 Å². The molecule has 0 aliphatic carbocycles. The molecule has 0 aromatic carbocycles. The van der Waals surface area contributed by atoms with Crippen LogP contribution in [0.3, 0.4) is 0 Å². The summed E-state index contributed by atoms with van der Waals surface area (Å²) in [6.45, 7) is 9.15. The van der Waals surface area contributed by atoms with Crippen molar-refractivity contribution < 1.29 is 0 Å². The molecule has 100 valence electrons. The van der Waals surface area contributed by atoms with Crippen LogP contribution in [0.2, 0.25) is 0 Å². The van der Waals surface area contributed by atoms with Crippen LogP contribution >= 0.6 is 0 Å². The lowest BCUT2D eigenvalue weighted by Gasteiger charge is -2.32. The van der Waals surface area contributed by atoms with Gasteiger partial charge in [-0.15, -0.1) is 0 Å². The van der Waals surface area contributed by atoms with E-state index in [0.717, 1.165) is 13.1 Å². The van der Waals surface area contributed by atoms with Crippen molar-refractivity contribution in [2.24, 2.45) is 0 Å². The molecule has 1 aromatic rings. The summed E-state index contributed by atoms with van der Waals surface area (Å²) in [4.78, 5) is 9.08. The van der Waals surface area contributed by atoms with E-state index in [2.05, 4.69) is 40.1 Å². The summed E-state index contributed by atoms with van der Waals surface area (Å²) in [5.41, 5.74) is 1.26. The van der Waals surface area contributed by atoms with Crippen molar-refractivity contribution in [3.05, 3.63) is 30.1 Å². The molecule has 1 aromatic heterocycles. The third-order valence-corrected chi connectivity index (χ3v) is 3.66. The number of aromatic nitrogens is 1. The van der Waals surface area contributed by atoms with E-state index < -0.39 is 0 Å². The minimum atomic E-state index is 0.381. The third kappa shape index (κ3) is 4.05. The van der Waals surface area contributed by atoms with Gasteiger partial charge >= 0.3 is 0 Å². The maximum absolute atomic E-state index is 4.16. The fourth-order valence-electron chi connectivity index (χ4n) is 2.26. The molecule has 1 atom stereocenters. The molecule has 18 heavy (non-hydrogen) atoms. The van der Waals surface area contributed by atoms with Gasteiger partial charge in [-0.05, 0) is 25.6 Å². The fourth-order valence-corrected chi connectivity index (χ4v) is 2.26. The number of pyridine rings is 1. The maximum Gasteiger partial charge on any atom is 0.0315 e. The van der Waals surface area contributed by atoms with Gasteiger partial charge < -0.3 is 10.2 Å². The Morgan fingerprint density at radius 3 is 2.78 bits per heavy atom. The van der Waals surface area contributed by atoms with Gasteiger partial charge in [0.25, 0.3) is 0 Å². The lowest BCUT2D eigenvalue weighted by Crippen LogP contribution is -2.46. The molecule has 4 nitrogen and oxygen atoms in total. The van der Waals surface area contributed by atoms with Gasteiger partial charge in [-0.1, -0.05) is 6.07 Å². The minimum absolute atomic E-state index is 0.381. The van der Waals surface area contributed by atoms with E-state index in [0.29, 0.717) is 6.04 Å². The monoisotopic (exact) mass is 248 g/mol. The second-order valence-corrected chi connectivity index (χ2v) is 5.11. The number of nitrogens with zero attached hydrogens (tertiary/aromatic N) is 3. The molecule has 0 spiro atoms. The molecule has 2 heterocycles. The molecule has 1 aliphatic rings. The Balaban J connectivity index is 1.66. The maximum atomic E-state index is 4.16. The second kappa shape index (κ2) is 6.83. The zero-order valence-electron chi connectivity index (χ0n) is 11.5. The van der Waals surface area contributed by atoms with Crippen molar-refractivity contribution in [2.45, 2.75) is 13.0 Å². The number of hydrogen-bond acceptors (Lipinski definition) is 4. The van der Waals surface area contributed by atoms with Crippen molar-refractivity contribution in [1.29, 1.82) is 0 Å². The Morgan fingerprint density at radius 2 is 2.11 bits per heavy atom. The first-order valence-corrected chi connectivity index (χ1v) is 6.80. The first-order valence-electron chi connectivity index (χ1n) is 6.80. The van der Waals surface area contributed by atoms with Gasteiger partial charge in [0.15, 0.2) is 0 Å². The van der Waals surface area contributed by atoms with E-state index in [1.54, 1.807) is 0 Å². The summed E-state index contributed by atoms with van der Waals surface area (Å²) in [5, 5.41) is 3.56. The van der Waals surface area contributed by atoms with Gasteiger partial charge in [0, 0.05) is 57.7 Å². The zero-order valence-corrected chi connectivity index (χ0v) is 11.5. The van der Waals surface area contributed by atoms with Crippen LogP contribution < -0.4 is 5.32 Å². The first kappa shape index (κ1) is 13.5. The van der Waals surface area contributed by atoms with Gasteiger partial charge in [-0.25, -0.2) is 0 Å². The van der Waals surface area contributed by atoms with Crippen molar-refractivity contribution in [1.82, 2.24) is 20.1 Å². The number of nitrogens with one attached hydrogen (secondary N) is 1. The van der Waals surface area contributed by atoms with Gasteiger partial charge in [-0.3, -0.25) is 9.88 Å². The van der Waals surface area contributed by atoms with Crippen LogP contribution in [0.25, 0.3) is 0 Å². The van der Waals surface area contributed by atoms with E-state index in [1.165, 1.54) is 31.7 Å². The van der Waals surface area contributed by atoms with E-state index in [1.807, 2.05) is 18.5 Å². The Hall–Kier alpha value is -0.970. The van der Waals surface area contributed by atoms with E-state index in [4.69, 9.17) is 0 Å². The minimum Gasteiger partial charge on any atom is -0.309 e. The van der Waals surface area contributed by atoms with Gasteiger partial charge in [0.05, 0.1) is 0 Å². The highest BCUT2D eigenvalue weighted by Crippen LogP contribution is 2.09. The summed E-state index contributed by atoms with van der Waals surface area (Å²) >= 11 is 0. The summed E-state index contributed by atoms with van der Waals surface area (Å²) in [6, 6.07) is 4.50. The molecule has 0 bridgehead atoms. The molecule has 0 amide bonds. The quantitative estimate of drug-likeness (QED) is 0.842. The predicted octanol–water partition coefficient (Wildman–Crippen LogP) is 0.980. The van der Waals surface area contributed by atoms with E-state index in [-0.39, 0.29) is 0 Å². The summed E-state index contributed by atoms with van der Waals surface area (Å²) in [5.74, 6) is 0. The second-order valence-electron chi connectivity index (χ2n) is 5.11. The summed E-state index contributed by atoms with van der Waals surface area (Å²) in [6.07, 6.45) is 3.76.